The first-order valence-electron chi connectivity index (χ1n) is 7.39. The van der Waals surface area contributed by atoms with Gasteiger partial charge >= 0.3 is 0 Å². The van der Waals surface area contributed by atoms with Gasteiger partial charge in [0, 0.05) is 4.88 Å². The largest absolute Gasteiger partial charge is 0.323 e. The van der Waals surface area contributed by atoms with Crippen molar-refractivity contribution >= 4 is 50.9 Å². The van der Waals surface area contributed by atoms with Crippen molar-refractivity contribution in [3.8, 4) is 6.07 Å². The molecule has 0 unspecified atom stereocenters. The van der Waals surface area contributed by atoms with Crippen LogP contribution in [0.25, 0.3) is 0 Å². The number of nitriles is 1. The van der Waals surface area contributed by atoms with Crippen molar-refractivity contribution in [2.45, 2.75) is 32.1 Å². The molecule has 0 aliphatic heterocycles. The number of hydrogen-bond donors (Lipinski definition) is 2. The first kappa shape index (κ1) is 16.1. The van der Waals surface area contributed by atoms with Crippen LogP contribution in [-0.2, 0) is 12.8 Å². The summed E-state index contributed by atoms with van der Waals surface area (Å²) in [7, 11) is 0. The highest BCUT2D eigenvalue weighted by Crippen LogP contribution is 2.36. The van der Waals surface area contributed by atoms with E-state index in [0.29, 0.717) is 10.4 Å². The zero-order valence-electron chi connectivity index (χ0n) is 12.3. The van der Waals surface area contributed by atoms with Crippen LogP contribution in [0.1, 0.15) is 44.9 Å². The van der Waals surface area contributed by atoms with Gasteiger partial charge in [0.15, 0.2) is 5.11 Å². The van der Waals surface area contributed by atoms with Gasteiger partial charge in [-0.1, -0.05) is 12.5 Å². The molecule has 0 radical (unpaired) electrons. The molecule has 0 aromatic carbocycles. The van der Waals surface area contributed by atoms with Gasteiger partial charge in [0.1, 0.15) is 11.1 Å². The molecule has 23 heavy (non-hydrogen) atoms. The Morgan fingerprint density at radius 2 is 2.13 bits per heavy atom. The third-order valence-electron chi connectivity index (χ3n) is 3.73. The van der Waals surface area contributed by atoms with E-state index < -0.39 is 0 Å². The molecule has 2 aromatic rings. The van der Waals surface area contributed by atoms with Crippen molar-refractivity contribution in [1.29, 1.82) is 5.26 Å². The SMILES string of the molecule is N#Cc1c(NC(=S)NC(=O)c2cccs2)sc2c1CCCCC2. The Kier molecular flexibility index (Phi) is 5.06. The lowest BCUT2D eigenvalue weighted by molar-refractivity contribution is 0.0981. The topological polar surface area (TPSA) is 64.9 Å². The van der Waals surface area contributed by atoms with Gasteiger partial charge in [0.2, 0.25) is 0 Å². The second kappa shape index (κ2) is 7.21. The predicted molar refractivity (Wildman–Crippen MR) is 98.3 cm³/mol. The molecule has 0 atom stereocenters. The second-order valence-corrected chi connectivity index (χ2v) is 7.73. The van der Waals surface area contributed by atoms with Gasteiger partial charge in [-0.3, -0.25) is 10.1 Å². The minimum atomic E-state index is -0.228. The van der Waals surface area contributed by atoms with E-state index in [9.17, 15) is 10.1 Å². The van der Waals surface area contributed by atoms with E-state index in [4.69, 9.17) is 12.2 Å². The molecule has 1 aliphatic rings. The maximum Gasteiger partial charge on any atom is 0.267 e. The van der Waals surface area contributed by atoms with Crippen LogP contribution >= 0.6 is 34.9 Å². The number of carbonyl (C=O) groups is 1. The van der Waals surface area contributed by atoms with Crippen molar-refractivity contribution in [2.24, 2.45) is 0 Å². The van der Waals surface area contributed by atoms with Crippen molar-refractivity contribution in [1.82, 2.24) is 5.32 Å². The van der Waals surface area contributed by atoms with Crippen molar-refractivity contribution < 1.29 is 4.79 Å². The van der Waals surface area contributed by atoms with Crippen LogP contribution in [-0.4, -0.2) is 11.0 Å². The molecule has 0 spiro atoms. The van der Waals surface area contributed by atoms with Crippen LogP contribution in [0.2, 0.25) is 0 Å². The number of anilines is 1. The van der Waals surface area contributed by atoms with E-state index in [1.807, 2.05) is 11.4 Å². The third-order valence-corrected chi connectivity index (χ3v) is 6.01. The number of amides is 1. The summed E-state index contributed by atoms with van der Waals surface area (Å²) in [4.78, 5) is 13.9. The molecular weight excluding hydrogens is 346 g/mol. The first-order chi connectivity index (χ1) is 11.2. The van der Waals surface area contributed by atoms with E-state index in [1.54, 1.807) is 17.4 Å². The van der Waals surface area contributed by atoms with Crippen molar-refractivity contribution in [3.05, 3.63) is 38.4 Å². The lowest BCUT2D eigenvalue weighted by Crippen LogP contribution is -2.33. The monoisotopic (exact) mass is 361 g/mol. The van der Waals surface area contributed by atoms with E-state index in [0.717, 1.165) is 36.2 Å². The predicted octanol–water partition coefficient (Wildman–Crippen LogP) is 4.08. The minimum absolute atomic E-state index is 0.228. The van der Waals surface area contributed by atoms with Crippen LogP contribution in [0.4, 0.5) is 5.00 Å². The van der Waals surface area contributed by atoms with Crippen LogP contribution in [0.3, 0.4) is 0 Å². The summed E-state index contributed by atoms with van der Waals surface area (Å²) in [5.41, 5.74) is 1.84. The van der Waals surface area contributed by atoms with Gasteiger partial charge in [-0.2, -0.15) is 5.26 Å². The molecule has 0 fully saturated rings. The molecule has 4 nitrogen and oxygen atoms in total. The quantitative estimate of drug-likeness (QED) is 0.625. The fourth-order valence-corrected chi connectivity index (χ4v) is 4.78. The normalized spacial score (nSPS) is 13.5. The summed E-state index contributed by atoms with van der Waals surface area (Å²) in [5, 5.41) is 18.0. The van der Waals surface area contributed by atoms with E-state index >= 15 is 0 Å². The Morgan fingerprint density at radius 1 is 1.30 bits per heavy atom. The highest BCUT2D eigenvalue weighted by atomic mass is 32.1. The van der Waals surface area contributed by atoms with Crippen molar-refractivity contribution in [3.63, 3.8) is 0 Å². The summed E-state index contributed by atoms with van der Waals surface area (Å²) in [5.74, 6) is -0.228. The first-order valence-corrected chi connectivity index (χ1v) is 9.50. The number of nitrogens with one attached hydrogen (secondary N) is 2. The van der Waals surface area contributed by atoms with E-state index in [-0.39, 0.29) is 11.0 Å². The molecule has 7 heteroatoms. The zero-order valence-corrected chi connectivity index (χ0v) is 14.8. The number of thiophene rings is 2. The van der Waals surface area contributed by atoms with Gasteiger partial charge < -0.3 is 5.32 Å². The van der Waals surface area contributed by atoms with E-state index in [1.165, 1.54) is 22.6 Å². The Morgan fingerprint density at radius 3 is 2.87 bits per heavy atom. The summed E-state index contributed by atoms with van der Waals surface area (Å²) >= 11 is 8.17. The molecule has 2 aromatic heterocycles. The molecule has 2 heterocycles. The number of carbonyl (C=O) groups excluding carboxylic acids is 1. The van der Waals surface area contributed by atoms with Crippen LogP contribution in [0, 0.1) is 11.3 Å². The number of fused-ring (bicyclic) bond motifs is 1. The van der Waals surface area contributed by atoms with Crippen LogP contribution in [0.5, 0.6) is 0 Å². The lowest BCUT2D eigenvalue weighted by atomic mass is 10.1. The number of nitrogens with zero attached hydrogens (tertiary/aromatic N) is 1. The fourth-order valence-electron chi connectivity index (χ4n) is 2.66. The Bertz CT molecular complexity index is 771. The second-order valence-electron chi connectivity index (χ2n) is 5.27. The highest BCUT2D eigenvalue weighted by molar-refractivity contribution is 7.80. The molecule has 1 aliphatic carbocycles. The Balaban J connectivity index is 1.74. The van der Waals surface area contributed by atoms with Gasteiger partial charge in [-0.25, -0.2) is 0 Å². The average Bonchev–Trinajstić information content (AvgIpc) is 3.10. The summed E-state index contributed by atoms with van der Waals surface area (Å²) in [6.45, 7) is 0. The average molecular weight is 362 g/mol. The molecule has 2 N–H and O–H groups in total. The molecule has 118 valence electrons. The maximum atomic E-state index is 12.0. The highest BCUT2D eigenvalue weighted by Gasteiger charge is 2.20. The molecule has 1 amide bonds. The minimum Gasteiger partial charge on any atom is -0.323 e. The molecule has 0 bridgehead atoms. The number of thiocarbonyl (C=S) groups is 1. The molecule has 3 rings (SSSR count). The third kappa shape index (κ3) is 3.61. The fraction of sp³-hybridized carbons (Fsp3) is 0.312. The van der Waals surface area contributed by atoms with Gasteiger partial charge in [-0.05, 0) is 54.9 Å². The Labute approximate surface area is 148 Å². The standard InChI is InChI=1S/C16H15N3OS3/c17-9-11-10-5-2-1-3-6-12(10)23-15(11)19-16(21)18-14(20)13-7-4-8-22-13/h4,7-8H,1-3,5-6H2,(H2,18,19,20,21). The number of hydrogen-bond acceptors (Lipinski definition) is 5. The number of aryl methyl sites for hydroxylation is 1. The summed E-state index contributed by atoms with van der Waals surface area (Å²) in [6, 6.07) is 5.86. The maximum absolute atomic E-state index is 12.0. The lowest BCUT2D eigenvalue weighted by Gasteiger charge is -2.07. The van der Waals surface area contributed by atoms with Crippen LogP contribution < -0.4 is 10.6 Å². The zero-order chi connectivity index (χ0) is 16.2. The summed E-state index contributed by atoms with van der Waals surface area (Å²) in [6.07, 6.45) is 5.47. The van der Waals surface area contributed by atoms with Gasteiger partial charge in [0.05, 0.1) is 10.4 Å². The van der Waals surface area contributed by atoms with Gasteiger partial charge in [-0.15, -0.1) is 22.7 Å². The molecule has 0 saturated heterocycles. The summed E-state index contributed by atoms with van der Waals surface area (Å²) < 4.78 is 0. The Hall–Kier alpha value is -1.75. The van der Waals surface area contributed by atoms with E-state index in [2.05, 4.69) is 16.7 Å². The van der Waals surface area contributed by atoms with Gasteiger partial charge in [0.25, 0.3) is 5.91 Å². The van der Waals surface area contributed by atoms with Crippen molar-refractivity contribution in [2.75, 3.05) is 5.32 Å². The molecule has 0 saturated carbocycles. The molecular formula is C16H15N3OS3. The smallest absolute Gasteiger partial charge is 0.267 e. The number of rotatable bonds is 2. The van der Waals surface area contributed by atoms with Crippen LogP contribution in [0.15, 0.2) is 17.5 Å².